The Balaban J connectivity index is 1.56. The van der Waals surface area contributed by atoms with Crippen LogP contribution in [-0.4, -0.2) is 24.5 Å². The van der Waals surface area contributed by atoms with E-state index in [1.807, 2.05) is 24.3 Å². The lowest BCUT2D eigenvalue weighted by Crippen LogP contribution is -2.26. The Morgan fingerprint density at radius 3 is 2.92 bits per heavy atom. The molecule has 1 aromatic carbocycles. The quantitative estimate of drug-likeness (QED) is 0.582. The maximum absolute atomic E-state index is 12.7. The lowest BCUT2D eigenvalue weighted by atomic mass is 10.0. The number of rotatable bonds is 3. The van der Waals surface area contributed by atoms with Crippen molar-refractivity contribution in [1.82, 2.24) is 24.5 Å². The number of nitrogens with one attached hydrogen (secondary N) is 1. The van der Waals surface area contributed by atoms with Crippen LogP contribution in [0.15, 0.2) is 47.4 Å². The van der Waals surface area contributed by atoms with Gasteiger partial charge in [0.15, 0.2) is 10.6 Å². The van der Waals surface area contributed by atoms with Crippen LogP contribution in [0.5, 0.6) is 0 Å². The van der Waals surface area contributed by atoms with Gasteiger partial charge in [-0.25, -0.2) is 4.68 Å². The fraction of sp³-hybridized carbons (Fsp3) is 0.333. The second-order valence-corrected chi connectivity index (χ2v) is 7.24. The molecular weight excluding hydrogens is 334 g/mol. The van der Waals surface area contributed by atoms with Crippen molar-refractivity contribution >= 4 is 23.0 Å². The highest BCUT2D eigenvalue weighted by atomic mass is 32.1. The molecule has 2 aromatic heterocycles. The predicted molar refractivity (Wildman–Crippen MR) is 96.9 cm³/mol. The zero-order valence-electron chi connectivity index (χ0n) is 13.5. The molecule has 7 heteroatoms. The molecular formula is C18H17N5OS. The van der Waals surface area contributed by atoms with Gasteiger partial charge in [0.2, 0.25) is 0 Å². The first kappa shape index (κ1) is 14.8. The fourth-order valence-corrected chi connectivity index (χ4v) is 4.50. The zero-order valence-corrected chi connectivity index (χ0v) is 14.3. The van der Waals surface area contributed by atoms with Crippen molar-refractivity contribution in [3.8, 4) is 0 Å². The second kappa shape index (κ2) is 5.49. The Morgan fingerprint density at radius 2 is 2.12 bits per heavy atom. The number of fused-ring (bicyclic) bond motifs is 3. The van der Waals surface area contributed by atoms with Gasteiger partial charge in [-0.1, -0.05) is 30.4 Å². The Labute approximate surface area is 148 Å². The summed E-state index contributed by atoms with van der Waals surface area (Å²) < 4.78 is 4.18. The molecule has 126 valence electrons. The summed E-state index contributed by atoms with van der Waals surface area (Å²) in [7, 11) is 0. The third-order valence-corrected chi connectivity index (χ3v) is 5.69. The fourth-order valence-electron chi connectivity index (χ4n) is 4.21. The summed E-state index contributed by atoms with van der Waals surface area (Å²) >= 11 is 5.46. The van der Waals surface area contributed by atoms with Crippen molar-refractivity contribution in [3.05, 3.63) is 63.6 Å². The van der Waals surface area contributed by atoms with Crippen LogP contribution in [-0.2, 0) is 6.54 Å². The van der Waals surface area contributed by atoms with Crippen molar-refractivity contribution in [2.45, 2.75) is 25.4 Å². The molecule has 2 aliphatic carbocycles. The molecule has 0 radical (unpaired) electrons. The van der Waals surface area contributed by atoms with Gasteiger partial charge in [-0.15, -0.1) is 0 Å². The topological polar surface area (TPSA) is 68.5 Å². The van der Waals surface area contributed by atoms with Crippen LogP contribution in [0.4, 0.5) is 0 Å². The molecule has 6 nitrogen and oxygen atoms in total. The van der Waals surface area contributed by atoms with Crippen LogP contribution in [0.3, 0.4) is 0 Å². The number of nitrogens with zero attached hydrogens (tertiary/aromatic N) is 4. The molecule has 1 saturated carbocycles. The van der Waals surface area contributed by atoms with Gasteiger partial charge >= 0.3 is 0 Å². The smallest absolute Gasteiger partial charge is 0.275 e. The Morgan fingerprint density at radius 1 is 1.24 bits per heavy atom. The molecule has 2 bridgehead atoms. The van der Waals surface area contributed by atoms with E-state index < -0.39 is 0 Å². The van der Waals surface area contributed by atoms with E-state index in [1.54, 1.807) is 6.20 Å². The maximum atomic E-state index is 12.7. The first-order valence-corrected chi connectivity index (χ1v) is 8.90. The van der Waals surface area contributed by atoms with Crippen LogP contribution in [0.2, 0.25) is 0 Å². The zero-order chi connectivity index (χ0) is 17.0. The lowest BCUT2D eigenvalue weighted by molar-refractivity contribution is 0.407. The highest BCUT2D eigenvalue weighted by Crippen LogP contribution is 2.46. The van der Waals surface area contributed by atoms with E-state index in [0.29, 0.717) is 34.6 Å². The normalized spacial score (nSPS) is 24.4. The summed E-state index contributed by atoms with van der Waals surface area (Å²) in [6, 6.07) is 7.82. The molecule has 0 aliphatic heterocycles. The monoisotopic (exact) mass is 351 g/mol. The maximum Gasteiger partial charge on any atom is 0.275 e. The van der Waals surface area contributed by atoms with Crippen LogP contribution in [0.25, 0.3) is 10.8 Å². The van der Waals surface area contributed by atoms with Gasteiger partial charge in [-0.2, -0.15) is 10.2 Å². The minimum Gasteiger partial charge on any atom is -0.299 e. The van der Waals surface area contributed by atoms with Crippen molar-refractivity contribution < 1.29 is 0 Å². The number of hydrogen-bond donors (Lipinski definition) is 1. The Bertz CT molecular complexity index is 1110. The second-order valence-electron chi connectivity index (χ2n) is 6.86. The summed E-state index contributed by atoms with van der Waals surface area (Å²) in [6.45, 7) is 0.314. The molecule has 2 aliphatic rings. The average molecular weight is 351 g/mol. The largest absolute Gasteiger partial charge is 0.299 e. The average Bonchev–Trinajstić information content (AvgIpc) is 3.33. The van der Waals surface area contributed by atoms with Crippen LogP contribution in [0, 0.1) is 16.6 Å². The van der Waals surface area contributed by atoms with Gasteiger partial charge < -0.3 is 0 Å². The summed E-state index contributed by atoms with van der Waals surface area (Å²) in [6.07, 6.45) is 8.59. The van der Waals surface area contributed by atoms with Gasteiger partial charge in [0.1, 0.15) is 6.54 Å². The van der Waals surface area contributed by atoms with Crippen LogP contribution < -0.4 is 5.56 Å². The molecule has 3 atom stereocenters. The van der Waals surface area contributed by atoms with Gasteiger partial charge in [0.05, 0.1) is 11.6 Å². The predicted octanol–water partition coefficient (Wildman–Crippen LogP) is 2.84. The molecule has 2 heterocycles. The van der Waals surface area contributed by atoms with E-state index in [-0.39, 0.29) is 5.56 Å². The minimum atomic E-state index is -0.105. The van der Waals surface area contributed by atoms with Crippen LogP contribution in [0.1, 0.15) is 24.7 Å². The lowest BCUT2D eigenvalue weighted by Gasteiger charge is -2.21. The van der Waals surface area contributed by atoms with Crippen molar-refractivity contribution in [1.29, 1.82) is 0 Å². The first-order chi connectivity index (χ1) is 12.2. The minimum absolute atomic E-state index is 0.105. The molecule has 0 spiro atoms. The number of aromatic amines is 1. The molecule has 0 unspecified atom stereocenters. The van der Waals surface area contributed by atoms with Gasteiger partial charge in [-0.3, -0.25) is 14.5 Å². The first-order valence-electron chi connectivity index (χ1n) is 8.49. The molecule has 0 saturated heterocycles. The van der Waals surface area contributed by atoms with Gasteiger partial charge in [-0.05, 0) is 43.0 Å². The highest BCUT2D eigenvalue weighted by Gasteiger charge is 2.38. The molecule has 5 rings (SSSR count). The van der Waals surface area contributed by atoms with Crippen molar-refractivity contribution in [2.75, 3.05) is 0 Å². The van der Waals surface area contributed by atoms with E-state index in [4.69, 9.17) is 12.2 Å². The summed E-state index contributed by atoms with van der Waals surface area (Å²) in [5, 5.41) is 13.1. The Hall–Kier alpha value is -2.54. The molecule has 1 fully saturated rings. The number of hydrogen-bond acceptors (Lipinski definition) is 4. The number of H-pyrrole nitrogens is 1. The molecule has 1 N–H and O–H groups in total. The summed E-state index contributed by atoms with van der Waals surface area (Å²) in [5.74, 6) is 1.91. The number of aromatic nitrogens is 5. The van der Waals surface area contributed by atoms with E-state index in [2.05, 4.69) is 32.0 Å². The molecule has 3 aromatic rings. The van der Waals surface area contributed by atoms with Gasteiger partial charge in [0, 0.05) is 11.4 Å². The SMILES string of the molecule is O=c1c2ccccc2cnn1Cc1n[nH]c(=S)n1[C@H]1C[C@H]2C=C[C@@H]1C2. The van der Waals surface area contributed by atoms with E-state index >= 15 is 0 Å². The molecule has 25 heavy (non-hydrogen) atoms. The number of allylic oxidation sites excluding steroid dienone is 2. The number of benzene rings is 1. The summed E-state index contributed by atoms with van der Waals surface area (Å²) in [5.41, 5.74) is -0.105. The van der Waals surface area contributed by atoms with E-state index in [0.717, 1.165) is 17.6 Å². The van der Waals surface area contributed by atoms with E-state index in [1.165, 1.54) is 11.1 Å². The van der Waals surface area contributed by atoms with Crippen molar-refractivity contribution in [3.63, 3.8) is 0 Å². The standard InChI is InChI=1S/C18H17N5OS/c24-17-14-4-2-1-3-13(14)9-19-22(17)10-16-20-21-18(25)23(16)15-8-11-5-6-12(15)7-11/h1-6,9,11-12,15H,7-8,10H2,(H,21,25)/t11-,12+,15-/m0/s1. The highest BCUT2D eigenvalue weighted by molar-refractivity contribution is 7.71. The third kappa shape index (κ3) is 2.30. The van der Waals surface area contributed by atoms with Gasteiger partial charge in [0.25, 0.3) is 5.56 Å². The third-order valence-electron chi connectivity index (χ3n) is 5.41. The summed E-state index contributed by atoms with van der Waals surface area (Å²) in [4.78, 5) is 12.7. The Kier molecular flexibility index (Phi) is 3.24. The van der Waals surface area contributed by atoms with E-state index in [9.17, 15) is 4.79 Å². The van der Waals surface area contributed by atoms with Crippen molar-refractivity contribution in [2.24, 2.45) is 11.8 Å². The molecule has 0 amide bonds. The van der Waals surface area contributed by atoms with Crippen LogP contribution >= 0.6 is 12.2 Å².